The maximum atomic E-state index is 3.47. The van der Waals surface area contributed by atoms with Gasteiger partial charge in [0.2, 0.25) is 0 Å². The van der Waals surface area contributed by atoms with Crippen LogP contribution < -0.4 is 0 Å². The van der Waals surface area contributed by atoms with Crippen molar-refractivity contribution in [2.24, 2.45) is 5.92 Å². The van der Waals surface area contributed by atoms with Gasteiger partial charge < -0.3 is 0 Å². The Labute approximate surface area is 195 Å². The highest BCUT2D eigenvalue weighted by Crippen LogP contribution is 2.44. The number of hydrogen-bond donors (Lipinski definition) is 0. The van der Waals surface area contributed by atoms with Crippen LogP contribution in [0.15, 0.2) is 0 Å². The lowest BCUT2D eigenvalue weighted by Gasteiger charge is -2.39. The molecule has 30 heavy (non-hydrogen) atoms. The second-order valence-electron chi connectivity index (χ2n) is 10.3. The van der Waals surface area contributed by atoms with Gasteiger partial charge >= 0.3 is 0 Å². The van der Waals surface area contributed by atoms with Gasteiger partial charge in [-0.25, -0.2) is 0 Å². The van der Waals surface area contributed by atoms with E-state index in [1.807, 2.05) is 0 Å². The van der Waals surface area contributed by atoms with Crippen LogP contribution in [0.2, 0.25) is 0 Å². The fraction of sp³-hybridized carbons (Fsp3) is 1.00. The predicted octanol–water partition coefficient (Wildman–Crippen LogP) is 11.3. The van der Waals surface area contributed by atoms with Crippen LogP contribution in [0.4, 0.5) is 0 Å². The van der Waals surface area contributed by atoms with Crippen molar-refractivity contribution < 1.29 is 0 Å². The van der Waals surface area contributed by atoms with Crippen LogP contribution in [0, 0.1) is 5.92 Å². The largest absolute Gasteiger partial charge is 0.131 e. The third kappa shape index (κ3) is 17.0. The molecule has 0 N–H and O–H groups in total. The van der Waals surface area contributed by atoms with Gasteiger partial charge in [0.1, 0.15) is 0 Å². The van der Waals surface area contributed by atoms with Gasteiger partial charge in [0.05, 0.1) is 0 Å². The van der Waals surface area contributed by atoms with Crippen LogP contribution in [0.5, 0.6) is 0 Å². The average molecular weight is 441 g/mol. The number of unbranched alkanes of at least 4 members (excludes halogenated alkanes) is 15. The summed E-state index contributed by atoms with van der Waals surface area (Å²) in [6.45, 7) is 9.35. The van der Waals surface area contributed by atoms with Crippen LogP contribution in [-0.2, 0) is 0 Å². The second-order valence-corrected chi connectivity index (χ2v) is 11.5. The first-order valence-electron chi connectivity index (χ1n) is 14.4. The highest BCUT2D eigenvalue weighted by molar-refractivity contribution is 7.19. The van der Waals surface area contributed by atoms with E-state index in [1.165, 1.54) is 148 Å². The molecule has 0 saturated heterocycles. The summed E-state index contributed by atoms with van der Waals surface area (Å²) in [7, 11) is 3.47. The first-order chi connectivity index (χ1) is 14.6. The summed E-state index contributed by atoms with van der Waals surface area (Å²) in [4.78, 5) is 0. The minimum Gasteiger partial charge on any atom is -0.131 e. The molecule has 0 aromatic carbocycles. The van der Waals surface area contributed by atoms with Crippen molar-refractivity contribution in [1.29, 1.82) is 0 Å². The average Bonchev–Trinajstić information content (AvgIpc) is 2.75. The molecule has 0 aromatic heterocycles. The van der Waals surface area contributed by atoms with Crippen molar-refractivity contribution in [3.05, 3.63) is 0 Å². The highest BCUT2D eigenvalue weighted by Gasteiger charge is 2.32. The standard InChI is InChI=1S/C29H61P/c1-5-9-13-17-18-19-21-25-28(24-20-14-10-6-2)29(30,26-22-15-11-7-3)27-23-16-12-8-4/h28H,5-27,30H2,1-4H3. The van der Waals surface area contributed by atoms with Crippen molar-refractivity contribution in [1.82, 2.24) is 0 Å². The molecule has 0 amide bonds. The molecule has 2 atom stereocenters. The molecule has 0 fully saturated rings. The normalized spacial score (nSPS) is 13.1. The Morgan fingerprint density at radius 3 is 1.13 bits per heavy atom. The molecule has 0 aliphatic heterocycles. The van der Waals surface area contributed by atoms with E-state index in [0.717, 1.165) is 5.92 Å². The quantitative estimate of drug-likeness (QED) is 0.103. The lowest BCUT2D eigenvalue weighted by Crippen LogP contribution is -2.32. The molecule has 1 heteroatoms. The zero-order chi connectivity index (χ0) is 22.3. The van der Waals surface area contributed by atoms with Crippen molar-refractivity contribution in [3.8, 4) is 0 Å². The highest BCUT2D eigenvalue weighted by atomic mass is 31.0. The van der Waals surface area contributed by atoms with Gasteiger partial charge in [0.15, 0.2) is 0 Å². The third-order valence-electron chi connectivity index (χ3n) is 7.37. The molecule has 0 saturated carbocycles. The molecule has 0 aliphatic rings. The first kappa shape index (κ1) is 30.4. The summed E-state index contributed by atoms with van der Waals surface area (Å²) in [5.41, 5.74) is 0. The third-order valence-corrected chi connectivity index (χ3v) is 8.42. The summed E-state index contributed by atoms with van der Waals surface area (Å²) < 4.78 is 0. The number of hydrogen-bond acceptors (Lipinski definition) is 0. The zero-order valence-corrected chi connectivity index (χ0v) is 23.1. The Kier molecular flexibility index (Phi) is 22.9. The van der Waals surface area contributed by atoms with Crippen LogP contribution in [-0.4, -0.2) is 5.16 Å². The van der Waals surface area contributed by atoms with E-state index in [4.69, 9.17) is 0 Å². The Morgan fingerprint density at radius 2 is 0.733 bits per heavy atom. The monoisotopic (exact) mass is 440 g/mol. The zero-order valence-electron chi connectivity index (χ0n) is 21.9. The van der Waals surface area contributed by atoms with Gasteiger partial charge in [-0.3, -0.25) is 0 Å². The summed E-state index contributed by atoms with van der Waals surface area (Å²) in [5, 5.41) is 0.524. The SMILES string of the molecule is CCCCCCCCCC(CCCCCC)C(P)(CCCCCC)CCCCCC. The Morgan fingerprint density at radius 1 is 0.433 bits per heavy atom. The Bertz CT molecular complexity index is 312. The molecule has 0 bridgehead atoms. The minimum absolute atomic E-state index is 0.524. The van der Waals surface area contributed by atoms with Crippen molar-refractivity contribution in [2.75, 3.05) is 0 Å². The van der Waals surface area contributed by atoms with E-state index in [0.29, 0.717) is 5.16 Å². The summed E-state index contributed by atoms with van der Waals surface area (Å²) in [6, 6.07) is 0. The molecule has 0 spiro atoms. The van der Waals surface area contributed by atoms with Gasteiger partial charge in [-0.05, 0) is 36.8 Å². The van der Waals surface area contributed by atoms with Gasteiger partial charge in [-0.1, -0.05) is 150 Å². The molecule has 2 unspecified atom stereocenters. The fourth-order valence-corrected chi connectivity index (χ4v) is 5.92. The smallest absolute Gasteiger partial charge is 0.0122 e. The molecule has 0 rings (SSSR count). The van der Waals surface area contributed by atoms with E-state index in [1.54, 1.807) is 0 Å². The van der Waals surface area contributed by atoms with Crippen LogP contribution >= 0.6 is 9.24 Å². The molecule has 182 valence electrons. The molecule has 0 heterocycles. The van der Waals surface area contributed by atoms with Crippen molar-refractivity contribution in [2.45, 2.75) is 181 Å². The number of rotatable bonds is 24. The summed E-state index contributed by atoms with van der Waals surface area (Å²) in [6.07, 6.45) is 33.1. The summed E-state index contributed by atoms with van der Waals surface area (Å²) >= 11 is 0. The van der Waals surface area contributed by atoms with Gasteiger partial charge in [0, 0.05) is 0 Å². The van der Waals surface area contributed by atoms with E-state index in [9.17, 15) is 0 Å². The fourth-order valence-electron chi connectivity index (χ4n) is 5.18. The van der Waals surface area contributed by atoms with Crippen LogP contribution in [0.25, 0.3) is 0 Å². The van der Waals surface area contributed by atoms with E-state index >= 15 is 0 Å². The molecule has 0 aromatic rings. The second kappa shape index (κ2) is 22.6. The lowest BCUT2D eigenvalue weighted by atomic mass is 9.77. The maximum Gasteiger partial charge on any atom is -0.0122 e. The minimum atomic E-state index is 0.524. The van der Waals surface area contributed by atoms with E-state index in [2.05, 4.69) is 36.9 Å². The first-order valence-corrected chi connectivity index (χ1v) is 15.0. The predicted molar refractivity (Wildman–Crippen MR) is 145 cm³/mol. The Balaban J connectivity index is 4.76. The van der Waals surface area contributed by atoms with Gasteiger partial charge in [0.25, 0.3) is 0 Å². The summed E-state index contributed by atoms with van der Waals surface area (Å²) in [5.74, 6) is 0.943. The molecule has 0 aliphatic carbocycles. The maximum absolute atomic E-state index is 3.47. The molecular weight excluding hydrogens is 379 g/mol. The van der Waals surface area contributed by atoms with Crippen LogP contribution in [0.3, 0.4) is 0 Å². The molecule has 0 nitrogen and oxygen atoms in total. The topological polar surface area (TPSA) is 0 Å². The van der Waals surface area contributed by atoms with Crippen molar-refractivity contribution >= 4 is 9.24 Å². The van der Waals surface area contributed by atoms with E-state index < -0.39 is 0 Å². The Hall–Kier alpha value is 0.430. The van der Waals surface area contributed by atoms with Crippen molar-refractivity contribution in [3.63, 3.8) is 0 Å². The molecule has 0 radical (unpaired) electrons. The van der Waals surface area contributed by atoms with Crippen LogP contribution in [0.1, 0.15) is 175 Å². The lowest BCUT2D eigenvalue weighted by molar-refractivity contribution is 0.270. The molecular formula is C29H61P. The van der Waals surface area contributed by atoms with Gasteiger partial charge in [-0.2, -0.15) is 0 Å². The van der Waals surface area contributed by atoms with E-state index in [-0.39, 0.29) is 0 Å². The van der Waals surface area contributed by atoms with Gasteiger partial charge in [-0.15, -0.1) is 9.24 Å².